The zero-order valence-corrected chi connectivity index (χ0v) is 22.9. The Kier molecular flexibility index (Phi) is 8.71. The quantitative estimate of drug-likeness (QED) is 0.477. The molecule has 0 amide bonds. The number of halogens is 2. The third-order valence-electron chi connectivity index (χ3n) is 6.50. The summed E-state index contributed by atoms with van der Waals surface area (Å²) in [6.07, 6.45) is 5.89. The fourth-order valence-electron chi connectivity index (χ4n) is 5.45. The second kappa shape index (κ2) is 10.2. The summed E-state index contributed by atoms with van der Waals surface area (Å²) in [5.41, 5.74) is 9.30. The Morgan fingerprint density at radius 1 is 0.800 bits per heavy atom. The topological polar surface area (TPSA) is 0 Å². The van der Waals surface area contributed by atoms with Crippen LogP contribution in [0.5, 0.6) is 0 Å². The summed E-state index contributed by atoms with van der Waals surface area (Å²) in [6.45, 7) is 14.5. The third kappa shape index (κ3) is 4.41. The van der Waals surface area contributed by atoms with Gasteiger partial charge in [0.25, 0.3) is 0 Å². The Hall–Kier alpha value is -0.747. The number of hydrogen-bond acceptors (Lipinski definition) is 0. The Bertz CT molecular complexity index is 997. The average molecular weight is 519 g/mol. The van der Waals surface area contributed by atoms with Crippen molar-refractivity contribution in [1.82, 2.24) is 0 Å². The molecule has 2 aliphatic carbocycles. The number of allylic oxidation sites excluding steroid dienone is 4. The molecule has 0 atom stereocenters. The van der Waals surface area contributed by atoms with Crippen LogP contribution in [0.25, 0.3) is 11.1 Å². The molecule has 0 aliphatic heterocycles. The predicted molar refractivity (Wildman–Crippen MR) is 120 cm³/mol. The molecule has 4 rings (SSSR count). The van der Waals surface area contributed by atoms with Crippen LogP contribution in [0.15, 0.2) is 65.8 Å². The fraction of sp³-hybridized carbons (Fsp3) is 0.370. The molecule has 0 fully saturated rings. The molecule has 0 spiro atoms. The Morgan fingerprint density at radius 3 is 1.97 bits per heavy atom. The second-order valence-electron chi connectivity index (χ2n) is 9.10. The first-order chi connectivity index (χ1) is 13.4. The summed E-state index contributed by atoms with van der Waals surface area (Å²) < 4.78 is 4.33. The maximum atomic E-state index is 2.50. The van der Waals surface area contributed by atoms with Gasteiger partial charge in [-0.15, -0.1) is 0 Å². The fourth-order valence-corrected chi connectivity index (χ4v) is 15.6. The van der Waals surface area contributed by atoms with Gasteiger partial charge in [0, 0.05) is 0 Å². The van der Waals surface area contributed by atoms with Crippen LogP contribution in [0.2, 0.25) is 3.63 Å². The van der Waals surface area contributed by atoms with Gasteiger partial charge < -0.3 is 24.8 Å². The van der Waals surface area contributed by atoms with Crippen molar-refractivity contribution < 1.29 is 46.1 Å². The van der Waals surface area contributed by atoms with Crippen molar-refractivity contribution >= 4 is 6.48 Å². The third-order valence-corrected chi connectivity index (χ3v) is 17.1. The maximum Gasteiger partial charge on any atom is -1.00 e. The molecule has 0 nitrogen and oxygen atoms in total. The molecule has 0 radical (unpaired) electrons. The van der Waals surface area contributed by atoms with Crippen molar-refractivity contribution in [3.63, 3.8) is 0 Å². The molecule has 30 heavy (non-hydrogen) atoms. The number of benzene rings is 2. The molecule has 158 valence electrons. The standard InChI is InChI=1S/C13H9.C7H9.C7H14.2ClH.Zr/c1-3-7-12-10(5-1)9-11-6-2-4-8-13(11)12;1-6-3-4-7(2)5-6;1-6(2)5-7(3)4;;;/h1-5,7-8H,9H2;3-5H,1-2H3;6-7H,1-4H3;2*1H;/q;;;;;+2/p-2. The van der Waals surface area contributed by atoms with Crippen molar-refractivity contribution in [2.24, 2.45) is 11.8 Å². The first-order valence-electron chi connectivity index (χ1n) is 10.7. The molecule has 0 saturated carbocycles. The normalized spacial score (nSPS) is 14.2. The van der Waals surface area contributed by atoms with E-state index in [-0.39, 0.29) is 24.8 Å². The summed E-state index contributed by atoms with van der Waals surface area (Å²) >= 11 is -2.15. The monoisotopic (exact) mass is 516 g/mol. The van der Waals surface area contributed by atoms with E-state index in [0.717, 1.165) is 6.42 Å². The van der Waals surface area contributed by atoms with Gasteiger partial charge in [-0.25, -0.2) is 0 Å². The molecular formula is C27H32Cl2Zr. The molecule has 0 saturated heterocycles. The van der Waals surface area contributed by atoms with Crippen LogP contribution in [-0.4, -0.2) is 3.21 Å². The predicted octanol–water partition coefficient (Wildman–Crippen LogP) is 0.688. The minimum absolute atomic E-state index is 0. The van der Waals surface area contributed by atoms with Crippen molar-refractivity contribution in [3.8, 4) is 11.1 Å². The Labute approximate surface area is 202 Å². The molecule has 0 bridgehead atoms. The van der Waals surface area contributed by atoms with Crippen LogP contribution >= 0.6 is 0 Å². The van der Waals surface area contributed by atoms with E-state index < -0.39 is 21.3 Å². The summed E-state index contributed by atoms with van der Waals surface area (Å²) in [5.74, 6) is 1.32. The van der Waals surface area contributed by atoms with Gasteiger partial charge in [-0.3, -0.25) is 0 Å². The van der Waals surface area contributed by atoms with Gasteiger partial charge in [0.1, 0.15) is 0 Å². The van der Waals surface area contributed by atoms with Gasteiger partial charge in [-0.1, -0.05) is 0 Å². The summed E-state index contributed by atoms with van der Waals surface area (Å²) in [7, 11) is 0. The summed E-state index contributed by atoms with van der Waals surface area (Å²) in [4.78, 5) is 0. The first-order valence-corrected chi connectivity index (χ1v) is 14.6. The Morgan fingerprint density at radius 2 is 1.37 bits per heavy atom. The van der Waals surface area contributed by atoms with E-state index in [1.54, 1.807) is 20.0 Å². The van der Waals surface area contributed by atoms with E-state index in [9.17, 15) is 0 Å². The zero-order chi connectivity index (χ0) is 20.0. The van der Waals surface area contributed by atoms with Crippen molar-refractivity contribution in [3.05, 3.63) is 76.9 Å². The first kappa shape index (κ1) is 25.5. The molecular weight excluding hydrogens is 486 g/mol. The molecule has 2 aromatic rings. The van der Waals surface area contributed by atoms with E-state index in [4.69, 9.17) is 0 Å². The number of fused-ring (bicyclic) bond motifs is 3. The van der Waals surface area contributed by atoms with Crippen LogP contribution in [0, 0.1) is 11.8 Å². The van der Waals surface area contributed by atoms with Crippen LogP contribution in [0.3, 0.4) is 0 Å². The summed E-state index contributed by atoms with van der Waals surface area (Å²) in [5, 5.41) is 0. The average Bonchev–Trinajstić information content (AvgIpc) is 3.19. The summed E-state index contributed by atoms with van der Waals surface area (Å²) in [6, 6.07) is 16.2. The van der Waals surface area contributed by atoms with E-state index in [1.807, 2.05) is 3.21 Å². The van der Waals surface area contributed by atoms with Gasteiger partial charge in [0.2, 0.25) is 0 Å². The van der Waals surface area contributed by atoms with Gasteiger partial charge in [-0.2, -0.15) is 0 Å². The smallest absolute Gasteiger partial charge is 1.00 e. The minimum atomic E-state index is -2.15. The maximum absolute atomic E-state index is 2.50. The van der Waals surface area contributed by atoms with Gasteiger partial charge in [0.15, 0.2) is 0 Å². The molecule has 2 aromatic carbocycles. The minimum Gasteiger partial charge on any atom is -1.00 e. The van der Waals surface area contributed by atoms with E-state index in [1.165, 1.54) is 16.7 Å². The van der Waals surface area contributed by atoms with E-state index >= 15 is 0 Å². The van der Waals surface area contributed by atoms with Gasteiger partial charge >= 0.3 is 179 Å². The molecule has 0 heterocycles. The van der Waals surface area contributed by atoms with Crippen LogP contribution in [-0.2, 0) is 27.7 Å². The van der Waals surface area contributed by atoms with Crippen LogP contribution in [0.1, 0.15) is 52.7 Å². The van der Waals surface area contributed by atoms with Crippen molar-refractivity contribution in [2.45, 2.75) is 51.6 Å². The molecule has 0 unspecified atom stereocenters. The molecule has 0 aromatic heterocycles. The second-order valence-corrected chi connectivity index (χ2v) is 15.3. The van der Waals surface area contributed by atoms with Crippen LogP contribution < -0.4 is 28.1 Å². The van der Waals surface area contributed by atoms with E-state index in [2.05, 4.69) is 96.2 Å². The number of hydrogen-bond donors (Lipinski definition) is 0. The Balaban J connectivity index is 0.00000160. The van der Waals surface area contributed by atoms with E-state index in [0.29, 0.717) is 15.5 Å². The van der Waals surface area contributed by atoms with Crippen molar-refractivity contribution in [2.75, 3.05) is 0 Å². The molecule has 3 heteroatoms. The SMILES string of the molecule is CC1=CC=C(C)[CH]1[Zr+2](=[C](C(C)C)C(C)C)[c]1cccc2c1Cc1ccccc1-2.[Cl-].[Cl-]. The number of rotatable bonds is 4. The van der Waals surface area contributed by atoms with Gasteiger partial charge in [0.05, 0.1) is 0 Å². The molecule has 0 N–H and O–H groups in total. The zero-order valence-electron chi connectivity index (χ0n) is 18.9. The largest absolute Gasteiger partial charge is 1.00 e. The van der Waals surface area contributed by atoms with Crippen LogP contribution in [0.4, 0.5) is 0 Å². The van der Waals surface area contributed by atoms with Gasteiger partial charge in [-0.05, 0) is 0 Å². The molecule has 2 aliphatic rings. The van der Waals surface area contributed by atoms with Crippen molar-refractivity contribution in [1.29, 1.82) is 0 Å².